The van der Waals surface area contributed by atoms with Crippen LogP contribution in [0.3, 0.4) is 0 Å². The van der Waals surface area contributed by atoms with Crippen LogP contribution >= 0.6 is 0 Å². The molecule has 0 fully saturated rings. The van der Waals surface area contributed by atoms with E-state index in [2.05, 4.69) is 79.7 Å². The Labute approximate surface area is 513 Å². The van der Waals surface area contributed by atoms with Gasteiger partial charge in [-0.3, -0.25) is 0 Å². The molecule has 0 aliphatic rings. The quantitative estimate of drug-likeness (QED) is 0.101. The Morgan fingerprint density at radius 3 is 0.425 bits per heavy atom. The maximum absolute atomic E-state index is 5.90. The molecule has 434 valence electrons. The van der Waals surface area contributed by atoms with Gasteiger partial charge in [0.1, 0.15) is 80.5 Å². The predicted molar refractivity (Wildman–Crippen MR) is 355 cm³/mol. The summed E-state index contributed by atoms with van der Waals surface area (Å²) in [6.45, 7) is 16.5. The summed E-state index contributed by atoms with van der Waals surface area (Å²) in [5.41, 5.74) is 12.1. The van der Waals surface area contributed by atoms with Crippen LogP contribution in [0.15, 0.2) is 291 Å². The molecule has 0 aliphatic carbocycles. The standard InChI is InChI=1S/C26H22O2.2C20H18O2.C14H14O/c1-19-3-11-23(12-4-19)27-25-15-7-21(8-16-25)22-9-17-26(18-10-22)28-24-13-5-20(2)6-14-24;1-15-3-7-17(8-4-15)21-19-11-13-20(14-12-19)22-18-9-5-16(2)6-10-18;1-15-6-10-17(11-7-15)21-19-4-3-5-20(14-19)22-18-12-8-16(2)9-13-18;1-11-3-7-13(8-4-11)15-14-9-5-12(2)6-10-14/h3-18H,1-2H3;2*3-14H,1-2H3;3-10H,1-2H3. The first kappa shape index (κ1) is 60.8. The van der Waals surface area contributed by atoms with Crippen molar-refractivity contribution >= 4 is 0 Å². The van der Waals surface area contributed by atoms with Gasteiger partial charge in [-0.15, -0.1) is 0 Å². The highest BCUT2D eigenvalue weighted by molar-refractivity contribution is 5.65. The molecule has 0 saturated heterocycles. The summed E-state index contributed by atoms with van der Waals surface area (Å²) in [4.78, 5) is 0. The van der Waals surface area contributed by atoms with Gasteiger partial charge in [-0.05, 0) is 224 Å². The number of ether oxygens (including phenoxy) is 7. The van der Waals surface area contributed by atoms with Crippen LogP contribution in [0, 0.1) is 55.4 Å². The lowest BCUT2D eigenvalue weighted by atomic mass is 10.1. The van der Waals surface area contributed by atoms with E-state index in [1.165, 1.54) is 44.5 Å². The van der Waals surface area contributed by atoms with Gasteiger partial charge < -0.3 is 33.2 Å². The van der Waals surface area contributed by atoms with Crippen LogP contribution in [0.1, 0.15) is 44.5 Å². The van der Waals surface area contributed by atoms with Crippen LogP contribution in [0.4, 0.5) is 0 Å². The molecule has 0 aromatic heterocycles. The molecule has 0 bridgehead atoms. The second kappa shape index (κ2) is 30.7. The number of aryl methyl sites for hydroxylation is 8. The van der Waals surface area contributed by atoms with E-state index in [0.29, 0.717) is 0 Å². The molecule has 0 spiro atoms. The molecule has 87 heavy (non-hydrogen) atoms. The molecule has 7 heteroatoms. The number of hydrogen-bond acceptors (Lipinski definition) is 7. The fourth-order valence-corrected chi connectivity index (χ4v) is 8.41. The average molecular weight is 1150 g/mol. The summed E-state index contributed by atoms with van der Waals surface area (Å²) in [6, 6.07) is 95.7. The van der Waals surface area contributed by atoms with Crippen molar-refractivity contribution in [2.75, 3.05) is 0 Å². The van der Waals surface area contributed by atoms with Crippen molar-refractivity contribution in [3.05, 3.63) is 336 Å². The van der Waals surface area contributed by atoms with Gasteiger partial charge in [0.25, 0.3) is 0 Å². The fourth-order valence-electron chi connectivity index (χ4n) is 8.41. The molecule has 12 aromatic carbocycles. The largest absolute Gasteiger partial charge is 0.457 e. The molecule has 12 aromatic rings. The lowest BCUT2D eigenvalue weighted by Crippen LogP contribution is -1.87. The summed E-state index contributed by atoms with van der Waals surface area (Å²) in [6.07, 6.45) is 0. The van der Waals surface area contributed by atoms with Crippen molar-refractivity contribution < 1.29 is 33.2 Å². The highest BCUT2D eigenvalue weighted by atomic mass is 16.5. The highest BCUT2D eigenvalue weighted by Crippen LogP contribution is 2.32. The first-order valence-electron chi connectivity index (χ1n) is 29.0. The Bertz CT molecular complexity index is 3710. The highest BCUT2D eigenvalue weighted by Gasteiger charge is 2.06. The number of benzene rings is 12. The topological polar surface area (TPSA) is 64.6 Å². The summed E-state index contributed by atoms with van der Waals surface area (Å²) in [7, 11) is 0. The molecule has 0 N–H and O–H groups in total. The maximum Gasteiger partial charge on any atom is 0.131 e. The second-order valence-corrected chi connectivity index (χ2v) is 21.2. The van der Waals surface area contributed by atoms with Gasteiger partial charge in [-0.2, -0.15) is 0 Å². The minimum atomic E-state index is 0.758. The Morgan fingerprint density at radius 2 is 0.264 bits per heavy atom. The first-order valence-corrected chi connectivity index (χ1v) is 29.0. The van der Waals surface area contributed by atoms with Gasteiger partial charge in [-0.1, -0.05) is 172 Å². The van der Waals surface area contributed by atoms with Gasteiger partial charge in [0, 0.05) is 6.07 Å². The van der Waals surface area contributed by atoms with Gasteiger partial charge in [0.05, 0.1) is 0 Å². The third-order valence-corrected chi connectivity index (χ3v) is 13.5. The molecule has 0 heterocycles. The van der Waals surface area contributed by atoms with E-state index in [9.17, 15) is 0 Å². The molecule has 12 rings (SSSR count). The zero-order valence-corrected chi connectivity index (χ0v) is 50.6. The number of hydrogen-bond donors (Lipinski definition) is 0. The van der Waals surface area contributed by atoms with E-state index >= 15 is 0 Å². The second-order valence-electron chi connectivity index (χ2n) is 21.2. The predicted octanol–water partition coefficient (Wildman–Crippen LogP) is 23.4. The molecule has 0 unspecified atom stereocenters. The van der Waals surface area contributed by atoms with E-state index in [1.807, 2.05) is 267 Å². The smallest absolute Gasteiger partial charge is 0.131 e. The molecule has 0 atom stereocenters. The van der Waals surface area contributed by atoms with Gasteiger partial charge in [0.15, 0.2) is 0 Å². The maximum atomic E-state index is 5.90. The SMILES string of the molecule is Cc1ccc(Oc2ccc(-c3ccc(Oc4ccc(C)cc4)cc3)cc2)cc1.Cc1ccc(Oc2ccc(C)cc2)cc1.Cc1ccc(Oc2ccc(Oc3ccc(C)cc3)cc2)cc1.Cc1ccc(Oc2cccc(Oc3ccc(C)cc3)c2)cc1. The van der Waals surface area contributed by atoms with Crippen LogP contribution in [0.2, 0.25) is 0 Å². The third kappa shape index (κ3) is 20.2. The first-order chi connectivity index (χ1) is 42.3. The Kier molecular flexibility index (Phi) is 21.5. The molecule has 0 amide bonds. The summed E-state index contributed by atoms with van der Waals surface area (Å²) in [5, 5.41) is 0. The van der Waals surface area contributed by atoms with Crippen molar-refractivity contribution in [1.29, 1.82) is 0 Å². The van der Waals surface area contributed by atoms with E-state index in [1.54, 1.807) is 0 Å². The average Bonchev–Trinajstić information content (AvgIpc) is 3.71. The monoisotopic (exact) mass is 1140 g/mol. The van der Waals surface area contributed by atoms with Gasteiger partial charge in [-0.25, -0.2) is 0 Å². The van der Waals surface area contributed by atoms with E-state index in [-0.39, 0.29) is 0 Å². The summed E-state index contributed by atoms with van der Waals surface area (Å²) >= 11 is 0. The van der Waals surface area contributed by atoms with Crippen molar-refractivity contribution in [3.63, 3.8) is 0 Å². The van der Waals surface area contributed by atoms with Crippen LogP contribution in [-0.4, -0.2) is 0 Å². The third-order valence-electron chi connectivity index (χ3n) is 13.5. The Balaban J connectivity index is 0.000000141. The van der Waals surface area contributed by atoms with E-state index < -0.39 is 0 Å². The fraction of sp³-hybridized carbons (Fsp3) is 0.100. The van der Waals surface area contributed by atoms with Crippen LogP contribution in [-0.2, 0) is 0 Å². The minimum Gasteiger partial charge on any atom is -0.457 e. The molecular formula is C80H72O7. The summed E-state index contributed by atoms with van der Waals surface area (Å²) < 4.78 is 40.8. The van der Waals surface area contributed by atoms with Crippen LogP contribution in [0.25, 0.3) is 11.1 Å². The van der Waals surface area contributed by atoms with Crippen LogP contribution < -0.4 is 33.2 Å². The normalized spacial score (nSPS) is 10.3. The molecule has 7 nitrogen and oxygen atoms in total. The zero-order valence-electron chi connectivity index (χ0n) is 50.6. The van der Waals surface area contributed by atoms with Crippen molar-refractivity contribution in [2.24, 2.45) is 0 Å². The van der Waals surface area contributed by atoms with Gasteiger partial charge >= 0.3 is 0 Å². The summed E-state index contributed by atoms with van der Waals surface area (Å²) in [5.74, 6) is 11.5. The van der Waals surface area contributed by atoms with Crippen molar-refractivity contribution in [2.45, 2.75) is 55.4 Å². The lowest BCUT2D eigenvalue weighted by Gasteiger charge is -2.09. The molecule has 0 saturated carbocycles. The lowest BCUT2D eigenvalue weighted by molar-refractivity contribution is 0.460. The van der Waals surface area contributed by atoms with E-state index in [0.717, 1.165) is 91.6 Å². The number of rotatable bonds is 15. The Hall–Kier alpha value is -10.8. The van der Waals surface area contributed by atoms with Gasteiger partial charge in [0.2, 0.25) is 0 Å². The van der Waals surface area contributed by atoms with E-state index in [4.69, 9.17) is 33.2 Å². The van der Waals surface area contributed by atoms with Crippen molar-refractivity contribution in [1.82, 2.24) is 0 Å². The molecule has 0 radical (unpaired) electrons. The van der Waals surface area contributed by atoms with Crippen molar-refractivity contribution in [3.8, 4) is 91.6 Å². The zero-order chi connectivity index (χ0) is 60.7. The molecular weight excluding hydrogens is 1070 g/mol. The Morgan fingerprint density at radius 1 is 0.138 bits per heavy atom. The minimum absolute atomic E-state index is 0.758. The molecule has 0 aliphatic heterocycles. The van der Waals surface area contributed by atoms with Crippen LogP contribution in [0.5, 0.6) is 80.5 Å².